The van der Waals surface area contributed by atoms with Gasteiger partial charge in [0, 0.05) is 37.8 Å². The van der Waals surface area contributed by atoms with Gasteiger partial charge in [0.15, 0.2) is 0 Å². The Balaban J connectivity index is 2.43. The Kier molecular flexibility index (Phi) is 6.98. The van der Waals surface area contributed by atoms with Gasteiger partial charge < -0.3 is 10.1 Å². The molecule has 0 bridgehead atoms. The molecule has 0 spiro atoms. The molecule has 0 aromatic rings. The van der Waals surface area contributed by atoms with Gasteiger partial charge in [0.2, 0.25) is 0 Å². The van der Waals surface area contributed by atoms with E-state index >= 15 is 0 Å². The Labute approximate surface area is 110 Å². The zero-order chi connectivity index (χ0) is 13.4. The van der Waals surface area contributed by atoms with E-state index in [2.05, 4.69) is 24.1 Å². The first-order chi connectivity index (χ1) is 8.71. The fourth-order valence-corrected chi connectivity index (χ4v) is 2.30. The second kappa shape index (κ2) is 8.27. The van der Waals surface area contributed by atoms with Gasteiger partial charge in [-0.1, -0.05) is 19.9 Å². The molecule has 2 unspecified atom stereocenters. The molecule has 0 aliphatic carbocycles. The molecule has 1 aliphatic heterocycles. The van der Waals surface area contributed by atoms with Crippen LogP contribution in [0.3, 0.4) is 0 Å². The Bertz CT molecular complexity index is 279. The van der Waals surface area contributed by atoms with E-state index in [4.69, 9.17) is 4.74 Å². The lowest BCUT2D eigenvalue weighted by Crippen LogP contribution is -2.55. The summed E-state index contributed by atoms with van der Waals surface area (Å²) in [6.45, 7) is 9.60. The molecule has 0 aromatic heterocycles. The van der Waals surface area contributed by atoms with E-state index in [1.165, 1.54) is 0 Å². The summed E-state index contributed by atoms with van der Waals surface area (Å²) in [5.74, 6) is -0.243. The second-order valence-corrected chi connectivity index (χ2v) is 4.68. The van der Waals surface area contributed by atoms with Crippen LogP contribution in [-0.2, 0) is 9.53 Å². The lowest BCUT2D eigenvalue weighted by Gasteiger charge is -2.39. The molecular formula is C14H26N2O2. The Morgan fingerprint density at radius 3 is 2.78 bits per heavy atom. The van der Waals surface area contributed by atoms with Crippen molar-refractivity contribution in [2.75, 3.05) is 26.2 Å². The highest BCUT2D eigenvalue weighted by Crippen LogP contribution is 2.11. The van der Waals surface area contributed by atoms with Gasteiger partial charge in [-0.05, 0) is 19.8 Å². The van der Waals surface area contributed by atoms with Gasteiger partial charge in [0.05, 0.1) is 6.61 Å². The van der Waals surface area contributed by atoms with Gasteiger partial charge >= 0.3 is 5.97 Å². The van der Waals surface area contributed by atoms with Crippen LogP contribution >= 0.6 is 0 Å². The van der Waals surface area contributed by atoms with E-state index in [1.807, 2.05) is 13.0 Å². The van der Waals surface area contributed by atoms with E-state index in [9.17, 15) is 4.79 Å². The standard InChI is InChI=1S/C14H26N2O2/c1-4-12-11-16(13(5-2)10-15-12)9-7-8-14(17)18-6-3/h7-8,12-13,15H,4-6,9-11H2,1-3H3/b8-7+. The van der Waals surface area contributed by atoms with Gasteiger partial charge in [-0.15, -0.1) is 0 Å². The Morgan fingerprint density at radius 1 is 1.39 bits per heavy atom. The molecule has 1 saturated heterocycles. The zero-order valence-corrected chi connectivity index (χ0v) is 11.8. The van der Waals surface area contributed by atoms with Crippen LogP contribution in [0, 0.1) is 0 Å². The van der Waals surface area contributed by atoms with Crippen molar-refractivity contribution < 1.29 is 9.53 Å². The third-order valence-corrected chi connectivity index (χ3v) is 3.46. The predicted octanol–water partition coefficient (Wildman–Crippen LogP) is 1.57. The summed E-state index contributed by atoms with van der Waals surface area (Å²) in [6.07, 6.45) is 5.74. The van der Waals surface area contributed by atoms with E-state index in [-0.39, 0.29) is 5.97 Å². The van der Waals surface area contributed by atoms with Crippen LogP contribution in [0.5, 0.6) is 0 Å². The van der Waals surface area contributed by atoms with Gasteiger partial charge in [-0.3, -0.25) is 4.90 Å². The molecule has 1 fully saturated rings. The van der Waals surface area contributed by atoms with Gasteiger partial charge in [0.1, 0.15) is 0 Å². The molecule has 4 nitrogen and oxygen atoms in total. The van der Waals surface area contributed by atoms with Gasteiger partial charge in [-0.25, -0.2) is 4.79 Å². The fraction of sp³-hybridized carbons (Fsp3) is 0.786. The van der Waals surface area contributed by atoms with Gasteiger partial charge in [0.25, 0.3) is 0 Å². The van der Waals surface area contributed by atoms with Crippen LogP contribution < -0.4 is 5.32 Å². The number of carbonyl (C=O) groups is 1. The molecular weight excluding hydrogens is 228 g/mol. The van der Waals surface area contributed by atoms with Crippen molar-refractivity contribution in [3.8, 4) is 0 Å². The van der Waals surface area contributed by atoms with Crippen LogP contribution in [-0.4, -0.2) is 49.2 Å². The number of hydrogen-bond acceptors (Lipinski definition) is 4. The first-order valence-corrected chi connectivity index (χ1v) is 7.01. The molecule has 0 radical (unpaired) electrons. The lowest BCUT2D eigenvalue weighted by molar-refractivity contribution is -0.137. The summed E-state index contributed by atoms with van der Waals surface area (Å²) >= 11 is 0. The van der Waals surface area contributed by atoms with E-state index < -0.39 is 0 Å². The van der Waals surface area contributed by atoms with Crippen molar-refractivity contribution in [3.63, 3.8) is 0 Å². The maximum atomic E-state index is 11.2. The first-order valence-electron chi connectivity index (χ1n) is 7.01. The monoisotopic (exact) mass is 254 g/mol. The minimum atomic E-state index is -0.243. The van der Waals surface area contributed by atoms with Crippen LogP contribution in [0.4, 0.5) is 0 Å². The highest BCUT2D eigenvalue weighted by molar-refractivity contribution is 5.81. The smallest absolute Gasteiger partial charge is 0.330 e. The average Bonchev–Trinajstić information content (AvgIpc) is 2.39. The molecule has 2 atom stereocenters. The molecule has 18 heavy (non-hydrogen) atoms. The average molecular weight is 254 g/mol. The van der Waals surface area contributed by atoms with Crippen molar-refractivity contribution >= 4 is 5.97 Å². The lowest BCUT2D eigenvalue weighted by atomic mass is 10.1. The summed E-state index contributed by atoms with van der Waals surface area (Å²) in [5, 5.41) is 3.56. The summed E-state index contributed by atoms with van der Waals surface area (Å²) in [4.78, 5) is 13.7. The highest BCUT2D eigenvalue weighted by Gasteiger charge is 2.24. The van der Waals surface area contributed by atoms with Crippen molar-refractivity contribution in [1.29, 1.82) is 0 Å². The van der Waals surface area contributed by atoms with Crippen LogP contribution in [0.25, 0.3) is 0 Å². The summed E-state index contributed by atoms with van der Waals surface area (Å²) in [6, 6.07) is 1.14. The molecule has 1 rings (SSSR count). The fourth-order valence-electron chi connectivity index (χ4n) is 2.30. The summed E-state index contributed by atoms with van der Waals surface area (Å²) in [5.41, 5.74) is 0. The van der Waals surface area contributed by atoms with Crippen molar-refractivity contribution in [1.82, 2.24) is 10.2 Å². The van der Waals surface area contributed by atoms with Crippen LogP contribution in [0.1, 0.15) is 33.6 Å². The number of nitrogens with zero attached hydrogens (tertiary/aromatic N) is 1. The van der Waals surface area contributed by atoms with Crippen molar-refractivity contribution in [2.45, 2.75) is 45.7 Å². The van der Waals surface area contributed by atoms with E-state index in [1.54, 1.807) is 6.08 Å². The zero-order valence-electron chi connectivity index (χ0n) is 11.8. The highest BCUT2D eigenvalue weighted by atomic mass is 16.5. The van der Waals surface area contributed by atoms with Crippen molar-refractivity contribution in [3.05, 3.63) is 12.2 Å². The van der Waals surface area contributed by atoms with Gasteiger partial charge in [-0.2, -0.15) is 0 Å². The Morgan fingerprint density at radius 2 is 2.17 bits per heavy atom. The minimum absolute atomic E-state index is 0.243. The second-order valence-electron chi connectivity index (χ2n) is 4.68. The molecule has 4 heteroatoms. The SMILES string of the molecule is CCOC(=O)/C=C/CN1CC(CC)NCC1CC. The molecule has 1 aliphatic rings. The largest absolute Gasteiger partial charge is 0.463 e. The van der Waals surface area contributed by atoms with Crippen LogP contribution in [0.2, 0.25) is 0 Å². The minimum Gasteiger partial charge on any atom is -0.463 e. The predicted molar refractivity (Wildman–Crippen MR) is 73.5 cm³/mol. The maximum Gasteiger partial charge on any atom is 0.330 e. The summed E-state index contributed by atoms with van der Waals surface area (Å²) < 4.78 is 4.87. The number of nitrogens with one attached hydrogen (secondary N) is 1. The third kappa shape index (κ3) is 4.78. The Hall–Kier alpha value is -0.870. The number of esters is 1. The van der Waals surface area contributed by atoms with Crippen molar-refractivity contribution in [2.24, 2.45) is 0 Å². The normalized spacial score (nSPS) is 25.5. The quantitative estimate of drug-likeness (QED) is 0.577. The first kappa shape index (κ1) is 15.2. The molecule has 104 valence electrons. The number of carbonyl (C=O) groups excluding carboxylic acids is 1. The molecule has 0 aromatic carbocycles. The number of hydrogen-bond donors (Lipinski definition) is 1. The number of piperazine rings is 1. The summed E-state index contributed by atoms with van der Waals surface area (Å²) in [7, 11) is 0. The number of ether oxygens (including phenoxy) is 1. The van der Waals surface area contributed by atoms with E-state index in [0.29, 0.717) is 18.7 Å². The molecule has 1 heterocycles. The van der Waals surface area contributed by atoms with Crippen LogP contribution in [0.15, 0.2) is 12.2 Å². The van der Waals surface area contributed by atoms with E-state index in [0.717, 1.165) is 32.5 Å². The molecule has 0 amide bonds. The number of rotatable bonds is 6. The third-order valence-electron chi connectivity index (χ3n) is 3.46. The molecule has 0 saturated carbocycles. The molecule has 1 N–H and O–H groups in total. The topological polar surface area (TPSA) is 41.6 Å². The maximum absolute atomic E-state index is 11.2.